The second-order valence-electron chi connectivity index (χ2n) is 6.90. The van der Waals surface area contributed by atoms with Crippen LogP contribution in [0.2, 0.25) is 0 Å². The highest BCUT2D eigenvalue weighted by atomic mass is 32.2. The molecule has 0 heterocycles. The van der Waals surface area contributed by atoms with Crippen molar-refractivity contribution in [3.8, 4) is 11.5 Å². The second-order valence-corrected chi connectivity index (χ2v) is 8.77. The summed E-state index contributed by atoms with van der Waals surface area (Å²) in [6.07, 6.45) is 0. The van der Waals surface area contributed by atoms with Gasteiger partial charge < -0.3 is 14.8 Å². The molecule has 3 aromatic rings. The lowest BCUT2D eigenvalue weighted by molar-refractivity contribution is -0.119. The van der Waals surface area contributed by atoms with E-state index >= 15 is 0 Å². The third-order valence-electron chi connectivity index (χ3n) is 4.56. The number of carbonyl (C=O) groups excluding carboxylic acids is 1. The minimum absolute atomic E-state index is 0.0181. The summed E-state index contributed by atoms with van der Waals surface area (Å²) in [7, 11) is -4.10. The number of para-hydroxylation sites is 1. The van der Waals surface area contributed by atoms with Crippen molar-refractivity contribution < 1.29 is 27.1 Å². The number of anilines is 1. The first kappa shape index (κ1) is 24.1. The van der Waals surface area contributed by atoms with Gasteiger partial charge in [-0.2, -0.15) is 0 Å². The predicted octanol–water partition coefficient (Wildman–Crippen LogP) is 3.61. The van der Waals surface area contributed by atoms with Crippen LogP contribution in [-0.4, -0.2) is 40.6 Å². The lowest BCUT2D eigenvalue weighted by Gasteiger charge is -2.24. The Morgan fingerprint density at radius 3 is 2.18 bits per heavy atom. The smallest absolute Gasteiger partial charge is 0.264 e. The molecular weight excluding hydrogens is 447 g/mol. The lowest BCUT2D eigenvalue weighted by Crippen LogP contribution is -2.41. The Morgan fingerprint density at radius 2 is 1.55 bits per heavy atom. The first-order valence-corrected chi connectivity index (χ1v) is 11.8. The van der Waals surface area contributed by atoms with Crippen molar-refractivity contribution in [2.24, 2.45) is 0 Å². The van der Waals surface area contributed by atoms with Crippen LogP contribution in [0, 0.1) is 5.82 Å². The molecule has 0 bridgehead atoms. The molecule has 1 amide bonds. The monoisotopic (exact) mass is 472 g/mol. The van der Waals surface area contributed by atoms with Crippen LogP contribution in [-0.2, 0) is 14.8 Å². The maximum absolute atomic E-state index is 13.4. The van der Waals surface area contributed by atoms with Crippen molar-refractivity contribution >= 4 is 21.6 Å². The molecule has 0 atom stereocenters. The number of amides is 1. The van der Waals surface area contributed by atoms with Crippen LogP contribution in [0.3, 0.4) is 0 Å². The van der Waals surface area contributed by atoms with Crippen molar-refractivity contribution in [3.63, 3.8) is 0 Å². The zero-order valence-electron chi connectivity index (χ0n) is 18.1. The quantitative estimate of drug-likeness (QED) is 0.431. The number of nitrogens with one attached hydrogen (secondary N) is 1. The van der Waals surface area contributed by atoms with Crippen molar-refractivity contribution in [2.75, 3.05) is 30.6 Å². The zero-order valence-corrected chi connectivity index (χ0v) is 18.9. The van der Waals surface area contributed by atoms with Crippen molar-refractivity contribution in [1.82, 2.24) is 5.32 Å². The molecule has 9 heteroatoms. The summed E-state index contributed by atoms with van der Waals surface area (Å²) in [5, 5.41) is 2.65. The fourth-order valence-electron chi connectivity index (χ4n) is 2.99. The van der Waals surface area contributed by atoms with Crippen LogP contribution in [0.15, 0.2) is 83.8 Å². The summed E-state index contributed by atoms with van der Waals surface area (Å²) in [5.74, 6) is 0.156. The molecule has 3 aromatic carbocycles. The number of benzene rings is 3. The van der Waals surface area contributed by atoms with Gasteiger partial charge in [-0.1, -0.05) is 18.2 Å². The number of nitrogens with zero attached hydrogens (tertiary/aromatic N) is 1. The minimum Gasteiger partial charge on any atom is -0.494 e. The SMILES string of the molecule is CCOc1ccc(S(=O)(=O)N(CC(=O)NCCOc2ccccc2)c2ccc(F)cc2)cc1. The first-order chi connectivity index (χ1) is 15.9. The van der Waals surface area contributed by atoms with E-state index in [9.17, 15) is 17.6 Å². The van der Waals surface area contributed by atoms with Gasteiger partial charge in [-0.05, 0) is 67.6 Å². The topological polar surface area (TPSA) is 84.9 Å². The maximum atomic E-state index is 13.4. The molecule has 1 N–H and O–H groups in total. The molecule has 0 saturated carbocycles. The van der Waals surface area contributed by atoms with Crippen LogP contribution in [0.5, 0.6) is 11.5 Å². The van der Waals surface area contributed by atoms with Crippen LogP contribution in [0.25, 0.3) is 0 Å². The average Bonchev–Trinajstić information content (AvgIpc) is 2.82. The molecule has 174 valence electrons. The molecule has 0 spiro atoms. The lowest BCUT2D eigenvalue weighted by atomic mass is 10.3. The van der Waals surface area contributed by atoms with Crippen LogP contribution in [0.4, 0.5) is 10.1 Å². The fourth-order valence-corrected chi connectivity index (χ4v) is 4.41. The highest BCUT2D eigenvalue weighted by Gasteiger charge is 2.27. The number of ether oxygens (including phenoxy) is 2. The predicted molar refractivity (Wildman–Crippen MR) is 123 cm³/mol. The Kier molecular flexibility index (Phi) is 8.26. The Bertz CT molecular complexity index is 1140. The Hall–Kier alpha value is -3.59. The third-order valence-corrected chi connectivity index (χ3v) is 6.35. The van der Waals surface area contributed by atoms with Gasteiger partial charge in [-0.25, -0.2) is 12.8 Å². The molecule has 0 aliphatic heterocycles. The van der Waals surface area contributed by atoms with Gasteiger partial charge in [0, 0.05) is 0 Å². The van der Waals surface area contributed by atoms with Crippen molar-refractivity contribution in [3.05, 3.63) is 84.7 Å². The normalized spacial score (nSPS) is 11.0. The molecule has 0 fully saturated rings. The van der Waals surface area contributed by atoms with Gasteiger partial charge in [0.05, 0.1) is 23.7 Å². The van der Waals surface area contributed by atoms with Crippen LogP contribution in [0.1, 0.15) is 6.92 Å². The number of halogens is 1. The van der Waals surface area contributed by atoms with Crippen molar-refractivity contribution in [1.29, 1.82) is 0 Å². The molecule has 33 heavy (non-hydrogen) atoms. The largest absolute Gasteiger partial charge is 0.494 e. The number of sulfonamides is 1. The Morgan fingerprint density at radius 1 is 0.909 bits per heavy atom. The van der Waals surface area contributed by atoms with E-state index < -0.39 is 28.3 Å². The van der Waals surface area contributed by atoms with E-state index in [0.29, 0.717) is 18.1 Å². The van der Waals surface area contributed by atoms with Gasteiger partial charge in [0.15, 0.2) is 0 Å². The summed E-state index contributed by atoms with van der Waals surface area (Å²) in [6, 6.07) is 19.9. The highest BCUT2D eigenvalue weighted by Crippen LogP contribution is 2.25. The van der Waals surface area contributed by atoms with E-state index in [4.69, 9.17) is 9.47 Å². The highest BCUT2D eigenvalue weighted by molar-refractivity contribution is 7.92. The van der Waals surface area contributed by atoms with Gasteiger partial charge in [0.1, 0.15) is 30.5 Å². The second kappa shape index (κ2) is 11.3. The van der Waals surface area contributed by atoms with Gasteiger partial charge in [-0.15, -0.1) is 0 Å². The van der Waals surface area contributed by atoms with Crippen LogP contribution < -0.4 is 19.1 Å². The maximum Gasteiger partial charge on any atom is 0.264 e. The molecule has 0 aliphatic carbocycles. The standard InChI is InChI=1S/C24H25FN2O5S/c1-2-31-22-12-14-23(15-13-22)33(29,30)27(20-10-8-19(25)9-11-20)18-24(28)26-16-17-32-21-6-4-3-5-7-21/h3-15H,2,16-18H2,1H3,(H,26,28). The molecule has 0 aliphatic rings. The molecule has 7 nitrogen and oxygen atoms in total. The number of hydrogen-bond acceptors (Lipinski definition) is 5. The molecular formula is C24H25FN2O5S. The summed E-state index contributed by atoms with van der Waals surface area (Å²) in [4.78, 5) is 12.5. The number of hydrogen-bond donors (Lipinski definition) is 1. The molecule has 0 saturated heterocycles. The Balaban J connectivity index is 1.72. The Labute approximate surface area is 192 Å². The summed E-state index contributed by atoms with van der Waals surface area (Å²) < 4.78 is 51.9. The van der Waals surface area contributed by atoms with Gasteiger partial charge >= 0.3 is 0 Å². The number of carbonyl (C=O) groups is 1. The summed E-state index contributed by atoms with van der Waals surface area (Å²) >= 11 is 0. The van der Waals surface area contributed by atoms with E-state index in [-0.39, 0.29) is 23.7 Å². The average molecular weight is 473 g/mol. The van der Waals surface area contributed by atoms with E-state index in [2.05, 4.69) is 5.32 Å². The van der Waals surface area contributed by atoms with Crippen LogP contribution >= 0.6 is 0 Å². The minimum atomic E-state index is -4.10. The first-order valence-electron chi connectivity index (χ1n) is 10.4. The van der Waals surface area contributed by atoms with E-state index in [0.717, 1.165) is 16.4 Å². The van der Waals surface area contributed by atoms with E-state index in [1.807, 2.05) is 25.1 Å². The van der Waals surface area contributed by atoms with Crippen molar-refractivity contribution in [2.45, 2.75) is 11.8 Å². The molecule has 0 aromatic heterocycles. The molecule has 3 rings (SSSR count). The fraction of sp³-hybridized carbons (Fsp3) is 0.208. The molecule has 0 radical (unpaired) electrons. The van der Waals surface area contributed by atoms with Gasteiger partial charge in [0.2, 0.25) is 5.91 Å². The number of rotatable bonds is 11. The summed E-state index contributed by atoms with van der Waals surface area (Å²) in [6.45, 7) is 2.20. The van der Waals surface area contributed by atoms with E-state index in [1.165, 1.54) is 24.3 Å². The van der Waals surface area contributed by atoms with E-state index in [1.54, 1.807) is 24.3 Å². The van der Waals surface area contributed by atoms with Gasteiger partial charge in [0.25, 0.3) is 10.0 Å². The third kappa shape index (κ3) is 6.69. The van der Waals surface area contributed by atoms with Gasteiger partial charge in [-0.3, -0.25) is 9.10 Å². The zero-order chi connectivity index (χ0) is 23.7. The summed E-state index contributed by atoms with van der Waals surface area (Å²) in [5.41, 5.74) is 0.168. The molecule has 0 unspecified atom stereocenters.